The second-order valence-corrected chi connectivity index (χ2v) is 17.4. The lowest BCUT2D eigenvalue weighted by Crippen LogP contribution is -2.46. The molecule has 12 nitrogen and oxygen atoms in total. The average molecular weight is 734 g/mol. The van der Waals surface area contributed by atoms with Crippen molar-refractivity contribution in [3.05, 3.63) is 41.3 Å². The summed E-state index contributed by atoms with van der Waals surface area (Å²) in [6, 6.07) is 4.80. The number of para-hydroxylation sites is 1. The van der Waals surface area contributed by atoms with Gasteiger partial charge in [0.15, 0.2) is 11.4 Å². The SMILES string of the molecule is CC(C)(C)OC(=O)C[C@H]1CCCCC/C=C\[C@@H]2C[C@@]2(C(=O)NS(=O)(=O)C2CC2)CC(=O)[C@@H]2C[C@@H](O)CN2C1=O.Cc1cccc2oc(Cl)nc12. The van der Waals surface area contributed by atoms with Crippen LogP contribution in [0.4, 0.5) is 0 Å². The topological polar surface area (TPSA) is 173 Å². The summed E-state index contributed by atoms with van der Waals surface area (Å²) in [6.45, 7) is 7.22. The summed E-state index contributed by atoms with van der Waals surface area (Å²) in [5.74, 6) is -2.85. The number of amides is 2. The van der Waals surface area contributed by atoms with Gasteiger partial charge < -0.3 is 19.2 Å². The van der Waals surface area contributed by atoms with Crippen LogP contribution in [0.15, 0.2) is 34.8 Å². The van der Waals surface area contributed by atoms with Crippen molar-refractivity contribution >= 4 is 56.3 Å². The number of allylic oxidation sites excluding steroid dienone is 2. The summed E-state index contributed by atoms with van der Waals surface area (Å²) in [5.41, 5.74) is 0.788. The van der Waals surface area contributed by atoms with Crippen LogP contribution in [0.1, 0.15) is 97.0 Å². The Morgan fingerprint density at radius 1 is 1.16 bits per heavy atom. The second kappa shape index (κ2) is 15.1. The van der Waals surface area contributed by atoms with Crippen molar-refractivity contribution in [2.24, 2.45) is 17.3 Å². The van der Waals surface area contributed by atoms with Crippen LogP contribution in [0, 0.1) is 24.2 Å². The van der Waals surface area contributed by atoms with Gasteiger partial charge in [-0.05, 0) is 95.4 Å². The number of ketones is 1. The van der Waals surface area contributed by atoms with Crippen LogP contribution in [0.25, 0.3) is 11.1 Å². The number of ether oxygens (including phenoxy) is 1. The first-order valence-corrected chi connectivity index (χ1v) is 19.4. The number of sulfonamides is 1. The van der Waals surface area contributed by atoms with Crippen molar-refractivity contribution in [1.29, 1.82) is 0 Å². The molecule has 2 saturated carbocycles. The van der Waals surface area contributed by atoms with E-state index in [4.69, 9.17) is 20.8 Å². The Morgan fingerprint density at radius 3 is 2.58 bits per heavy atom. The molecule has 2 N–H and O–H groups in total. The van der Waals surface area contributed by atoms with Crippen LogP contribution in [0.5, 0.6) is 0 Å². The summed E-state index contributed by atoms with van der Waals surface area (Å²) in [4.78, 5) is 58.7. The lowest BCUT2D eigenvalue weighted by molar-refractivity contribution is -0.159. The number of hydrogen-bond donors (Lipinski definition) is 2. The molecule has 1 aromatic carbocycles. The van der Waals surface area contributed by atoms with E-state index in [9.17, 15) is 32.7 Å². The Hall–Kier alpha value is -3.29. The normalized spacial score (nSPS) is 28.3. The molecule has 0 radical (unpaired) electrons. The van der Waals surface area contributed by atoms with E-state index in [1.807, 2.05) is 37.3 Å². The molecule has 2 aromatic rings. The molecule has 1 saturated heterocycles. The Labute approximate surface area is 298 Å². The number of aromatic nitrogens is 1. The molecular formula is C36H48ClN3O9S. The number of fused-ring (bicyclic) bond motifs is 3. The van der Waals surface area contributed by atoms with Gasteiger partial charge in [0, 0.05) is 25.3 Å². The summed E-state index contributed by atoms with van der Waals surface area (Å²) >= 11 is 5.58. The maximum Gasteiger partial charge on any atom is 0.307 e. The van der Waals surface area contributed by atoms with Crippen molar-refractivity contribution < 1.29 is 41.9 Å². The number of benzene rings is 1. The molecule has 0 unspecified atom stereocenters. The largest absolute Gasteiger partial charge is 0.460 e. The monoisotopic (exact) mass is 733 g/mol. The zero-order chi connectivity index (χ0) is 36.4. The van der Waals surface area contributed by atoms with Gasteiger partial charge in [-0.1, -0.05) is 37.1 Å². The molecule has 4 aliphatic rings. The van der Waals surface area contributed by atoms with Gasteiger partial charge in [-0.2, -0.15) is 4.98 Å². The number of aryl methyl sites for hydroxylation is 1. The molecule has 3 heterocycles. The summed E-state index contributed by atoms with van der Waals surface area (Å²) in [5, 5.41) is 10.1. The second-order valence-electron chi connectivity index (χ2n) is 15.1. The first kappa shape index (κ1) is 38.0. The van der Waals surface area contributed by atoms with Gasteiger partial charge in [0.2, 0.25) is 21.8 Å². The van der Waals surface area contributed by atoms with Gasteiger partial charge in [0.1, 0.15) is 11.1 Å². The number of halogens is 1. The predicted molar refractivity (Wildman–Crippen MR) is 186 cm³/mol. The Balaban J connectivity index is 0.000000371. The van der Waals surface area contributed by atoms with Crippen molar-refractivity contribution in [3.63, 3.8) is 0 Å². The molecule has 2 aliphatic heterocycles. The van der Waals surface area contributed by atoms with Crippen molar-refractivity contribution in [1.82, 2.24) is 14.6 Å². The molecule has 3 fully saturated rings. The molecule has 2 aliphatic carbocycles. The third-order valence-corrected chi connectivity index (χ3v) is 11.8. The van der Waals surface area contributed by atoms with Gasteiger partial charge in [-0.15, -0.1) is 0 Å². The number of oxazole rings is 1. The number of aliphatic hydroxyl groups is 1. The number of Topliss-reactive ketones (excluding diaryl/α,β-unsaturated/α-hetero) is 1. The van der Waals surface area contributed by atoms with E-state index in [2.05, 4.69) is 9.71 Å². The van der Waals surface area contributed by atoms with Crippen molar-refractivity contribution in [2.45, 2.75) is 121 Å². The van der Waals surface area contributed by atoms with Gasteiger partial charge in [0.25, 0.3) is 5.35 Å². The number of aliphatic hydroxyl groups excluding tert-OH is 1. The van der Waals surface area contributed by atoms with E-state index in [0.717, 1.165) is 42.3 Å². The summed E-state index contributed by atoms with van der Waals surface area (Å²) in [7, 11) is -3.78. The highest BCUT2D eigenvalue weighted by Gasteiger charge is 2.61. The predicted octanol–water partition coefficient (Wildman–Crippen LogP) is 5.18. The minimum Gasteiger partial charge on any atom is -0.460 e. The van der Waals surface area contributed by atoms with Gasteiger partial charge >= 0.3 is 5.97 Å². The van der Waals surface area contributed by atoms with Crippen LogP contribution in [0.2, 0.25) is 5.35 Å². The van der Waals surface area contributed by atoms with Gasteiger partial charge in [0.05, 0.1) is 29.2 Å². The molecule has 2 amide bonds. The first-order valence-electron chi connectivity index (χ1n) is 17.5. The van der Waals surface area contributed by atoms with Crippen LogP contribution in [0.3, 0.4) is 0 Å². The Bertz CT molecular complexity index is 1750. The number of nitrogens with zero attached hydrogens (tertiary/aromatic N) is 2. The summed E-state index contributed by atoms with van der Waals surface area (Å²) < 4.78 is 37.8. The highest BCUT2D eigenvalue weighted by Crippen LogP contribution is 2.57. The molecular weight excluding hydrogens is 686 g/mol. The Morgan fingerprint density at radius 2 is 1.90 bits per heavy atom. The van der Waals surface area contributed by atoms with Crippen LogP contribution < -0.4 is 4.72 Å². The number of rotatable bonds is 5. The number of nitrogens with one attached hydrogen (secondary N) is 1. The molecule has 14 heteroatoms. The zero-order valence-electron chi connectivity index (χ0n) is 29.2. The molecule has 274 valence electrons. The molecule has 1 aromatic heterocycles. The lowest BCUT2D eigenvalue weighted by atomic mass is 9.90. The van der Waals surface area contributed by atoms with E-state index < -0.39 is 56.2 Å². The number of carbonyl (C=O) groups excluding carboxylic acids is 4. The molecule has 50 heavy (non-hydrogen) atoms. The quantitative estimate of drug-likeness (QED) is 0.308. The summed E-state index contributed by atoms with van der Waals surface area (Å²) in [6.07, 6.45) is 7.71. The maximum absolute atomic E-state index is 13.7. The minimum absolute atomic E-state index is 0.0291. The van der Waals surface area contributed by atoms with Crippen LogP contribution in [-0.2, 0) is 33.9 Å². The highest BCUT2D eigenvalue weighted by atomic mass is 35.5. The Kier molecular flexibility index (Phi) is 11.5. The maximum atomic E-state index is 13.7. The average Bonchev–Trinajstić information content (AvgIpc) is 3.91. The third kappa shape index (κ3) is 9.33. The van der Waals surface area contributed by atoms with Gasteiger partial charge in [-0.3, -0.25) is 23.9 Å². The fraction of sp³-hybridized carbons (Fsp3) is 0.639. The zero-order valence-corrected chi connectivity index (χ0v) is 30.7. The number of hydrogen-bond acceptors (Lipinski definition) is 10. The van der Waals surface area contributed by atoms with E-state index in [0.29, 0.717) is 25.7 Å². The van der Waals surface area contributed by atoms with Crippen LogP contribution in [-0.4, -0.2) is 76.5 Å². The van der Waals surface area contributed by atoms with E-state index in [-0.39, 0.29) is 48.8 Å². The third-order valence-electron chi connectivity index (χ3n) is 9.78. The fourth-order valence-electron chi connectivity index (χ4n) is 6.90. The van der Waals surface area contributed by atoms with E-state index >= 15 is 0 Å². The standard InChI is InChI=1S/C28H42N2O8S.C8H6ClNO/c1-27(2,3)38-24(33)13-18-9-7-5-4-6-8-10-19-15-28(19,26(35)29-39(36,37)21-11-12-21)16-23(32)22-14-20(31)17-30(22)25(18)34;1-5-3-2-4-6-7(5)10-8(9)11-6/h8,10,18-22,31H,4-7,9,11-17H2,1-3H3,(H,29,35);2-4H,1H3/b10-8-;/t18-,19-,20-,22+,28-;/m1./s1. The number of carbonyl (C=O) groups is 4. The fourth-order valence-corrected chi connectivity index (χ4v) is 8.45. The minimum atomic E-state index is -3.78. The van der Waals surface area contributed by atoms with Crippen molar-refractivity contribution in [2.75, 3.05) is 6.54 Å². The molecule has 6 rings (SSSR count). The number of esters is 1. The van der Waals surface area contributed by atoms with E-state index in [1.165, 1.54) is 4.90 Å². The van der Waals surface area contributed by atoms with Crippen LogP contribution >= 0.6 is 11.6 Å². The molecule has 0 bridgehead atoms. The molecule has 0 spiro atoms. The molecule has 5 atom stereocenters. The highest BCUT2D eigenvalue weighted by molar-refractivity contribution is 7.90. The smallest absolute Gasteiger partial charge is 0.307 e. The van der Waals surface area contributed by atoms with Crippen molar-refractivity contribution in [3.8, 4) is 0 Å². The lowest BCUT2D eigenvalue weighted by Gasteiger charge is -2.29. The van der Waals surface area contributed by atoms with Gasteiger partial charge in [-0.25, -0.2) is 8.42 Å². The van der Waals surface area contributed by atoms with E-state index in [1.54, 1.807) is 20.8 Å². The first-order chi connectivity index (χ1) is 23.5.